The SMILES string of the molecule is CCC[SiH](CC(C)(C)C)CC(C)(C)C. The van der Waals surface area contributed by atoms with Crippen molar-refractivity contribution in [2.75, 3.05) is 0 Å². The lowest BCUT2D eigenvalue weighted by Crippen LogP contribution is -2.25. The first kappa shape index (κ1) is 14.2. The molecule has 14 heavy (non-hydrogen) atoms. The molecule has 0 aromatic carbocycles. The second-order valence-electron chi connectivity index (χ2n) is 7.18. The molecular weight excluding hydrogens is 184 g/mol. The fourth-order valence-corrected chi connectivity index (χ4v) is 7.25. The molecule has 0 saturated heterocycles. The molecule has 0 aliphatic heterocycles. The van der Waals surface area contributed by atoms with Crippen LogP contribution in [0.15, 0.2) is 0 Å². The number of rotatable bonds is 4. The van der Waals surface area contributed by atoms with Crippen molar-refractivity contribution in [2.24, 2.45) is 10.8 Å². The molecule has 0 amide bonds. The van der Waals surface area contributed by atoms with Gasteiger partial charge in [-0.1, -0.05) is 73.0 Å². The Morgan fingerprint density at radius 1 is 0.786 bits per heavy atom. The van der Waals surface area contributed by atoms with Gasteiger partial charge in [-0.2, -0.15) is 0 Å². The predicted octanol–water partition coefficient (Wildman–Crippen LogP) is 4.72. The highest BCUT2D eigenvalue weighted by atomic mass is 28.3. The van der Waals surface area contributed by atoms with E-state index in [9.17, 15) is 0 Å². The van der Waals surface area contributed by atoms with Crippen molar-refractivity contribution in [1.29, 1.82) is 0 Å². The third kappa shape index (κ3) is 8.80. The second-order valence-corrected chi connectivity index (χ2v) is 10.3. The van der Waals surface area contributed by atoms with Crippen LogP contribution in [0.4, 0.5) is 0 Å². The summed E-state index contributed by atoms with van der Waals surface area (Å²) in [7, 11) is -0.484. The maximum Gasteiger partial charge on any atom is 0.0378 e. The molecule has 0 N–H and O–H groups in total. The summed E-state index contributed by atoms with van der Waals surface area (Å²) in [6.07, 6.45) is 1.39. The van der Waals surface area contributed by atoms with E-state index in [1.807, 2.05) is 0 Å². The highest BCUT2D eigenvalue weighted by Gasteiger charge is 2.24. The lowest BCUT2D eigenvalue weighted by atomic mass is 10.00. The molecule has 0 nitrogen and oxygen atoms in total. The van der Waals surface area contributed by atoms with Crippen molar-refractivity contribution < 1.29 is 0 Å². The topological polar surface area (TPSA) is 0 Å². The van der Waals surface area contributed by atoms with E-state index in [2.05, 4.69) is 48.5 Å². The Morgan fingerprint density at radius 3 is 1.36 bits per heavy atom. The van der Waals surface area contributed by atoms with Gasteiger partial charge in [0.15, 0.2) is 0 Å². The maximum atomic E-state index is 2.39. The lowest BCUT2D eigenvalue weighted by Gasteiger charge is -2.30. The highest BCUT2D eigenvalue weighted by Crippen LogP contribution is 2.31. The fraction of sp³-hybridized carbons (Fsp3) is 1.00. The van der Waals surface area contributed by atoms with Gasteiger partial charge in [-0.3, -0.25) is 0 Å². The van der Waals surface area contributed by atoms with Gasteiger partial charge >= 0.3 is 0 Å². The van der Waals surface area contributed by atoms with Crippen LogP contribution < -0.4 is 0 Å². The van der Waals surface area contributed by atoms with Crippen LogP contribution in [0.5, 0.6) is 0 Å². The quantitative estimate of drug-likeness (QED) is 0.594. The first-order valence-electron chi connectivity index (χ1n) is 6.14. The molecule has 0 unspecified atom stereocenters. The summed E-state index contributed by atoms with van der Waals surface area (Å²) in [6.45, 7) is 16.7. The predicted molar refractivity (Wildman–Crippen MR) is 70.8 cm³/mol. The summed E-state index contributed by atoms with van der Waals surface area (Å²) in [5.41, 5.74) is 1.11. The monoisotopic (exact) mass is 214 g/mol. The normalized spacial score (nSPS) is 13.7. The molecule has 0 rings (SSSR count). The molecule has 0 aromatic rings. The van der Waals surface area contributed by atoms with Crippen LogP contribution in [0.3, 0.4) is 0 Å². The van der Waals surface area contributed by atoms with E-state index in [1.165, 1.54) is 24.6 Å². The van der Waals surface area contributed by atoms with Crippen LogP contribution in [-0.2, 0) is 0 Å². The van der Waals surface area contributed by atoms with Gasteiger partial charge in [0.05, 0.1) is 0 Å². The number of hydrogen-bond donors (Lipinski definition) is 0. The van der Waals surface area contributed by atoms with Gasteiger partial charge in [-0.05, 0) is 10.8 Å². The molecule has 86 valence electrons. The van der Waals surface area contributed by atoms with Crippen LogP contribution in [-0.4, -0.2) is 8.80 Å². The minimum absolute atomic E-state index is 0.484. The third-order valence-electron chi connectivity index (χ3n) is 2.50. The summed E-state index contributed by atoms with van der Waals surface area (Å²) in [6, 6.07) is 4.56. The summed E-state index contributed by atoms with van der Waals surface area (Å²) < 4.78 is 0. The summed E-state index contributed by atoms with van der Waals surface area (Å²) in [4.78, 5) is 0. The van der Waals surface area contributed by atoms with Crippen LogP contribution in [0.25, 0.3) is 0 Å². The Kier molecular flexibility index (Phi) is 5.42. The molecule has 0 fully saturated rings. The Morgan fingerprint density at radius 2 is 1.14 bits per heavy atom. The van der Waals surface area contributed by atoms with Gasteiger partial charge < -0.3 is 0 Å². The van der Waals surface area contributed by atoms with Gasteiger partial charge in [-0.25, -0.2) is 0 Å². The van der Waals surface area contributed by atoms with Crippen LogP contribution in [0.1, 0.15) is 54.9 Å². The Hall–Kier alpha value is 0.217. The zero-order valence-corrected chi connectivity index (χ0v) is 12.6. The maximum absolute atomic E-state index is 2.39. The standard InChI is InChI=1S/C13H30Si/c1-8-9-14(10-12(2,3)4)11-13(5,6)7/h14H,8-11H2,1-7H3. The molecule has 0 radical (unpaired) electrons. The number of hydrogen-bond acceptors (Lipinski definition) is 0. The van der Waals surface area contributed by atoms with Crippen LogP contribution >= 0.6 is 0 Å². The summed E-state index contributed by atoms with van der Waals surface area (Å²) >= 11 is 0. The zero-order chi connectivity index (χ0) is 11.4. The molecule has 0 atom stereocenters. The third-order valence-corrected chi connectivity index (χ3v) is 7.50. The van der Waals surface area contributed by atoms with Gasteiger partial charge in [0, 0.05) is 8.80 Å². The van der Waals surface area contributed by atoms with E-state index >= 15 is 0 Å². The largest absolute Gasteiger partial charge is 0.0657 e. The van der Waals surface area contributed by atoms with E-state index in [4.69, 9.17) is 0 Å². The average Bonchev–Trinajstić information content (AvgIpc) is 1.78. The van der Waals surface area contributed by atoms with E-state index in [-0.39, 0.29) is 0 Å². The van der Waals surface area contributed by atoms with E-state index in [0.29, 0.717) is 10.8 Å². The smallest absolute Gasteiger partial charge is 0.0378 e. The highest BCUT2D eigenvalue weighted by molar-refractivity contribution is 6.59. The molecule has 0 aliphatic carbocycles. The molecule has 0 aliphatic rings. The van der Waals surface area contributed by atoms with Gasteiger partial charge in [0.25, 0.3) is 0 Å². The fourth-order valence-electron chi connectivity index (χ4n) is 2.42. The van der Waals surface area contributed by atoms with E-state index in [1.54, 1.807) is 0 Å². The molecule has 0 saturated carbocycles. The molecule has 0 bridgehead atoms. The first-order chi connectivity index (χ1) is 6.14. The van der Waals surface area contributed by atoms with Crippen molar-refractivity contribution in [3.05, 3.63) is 0 Å². The minimum atomic E-state index is -0.484. The minimum Gasteiger partial charge on any atom is -0.0657 e. The molecule has 0 spiro atoms. The van der Waals surface area contributed by atoms with Crippen molar-refractivity contribution >= 4 is 8.80 Å². The Bertz CT molecular complexity index is 132. The average molecular weight is 214 g/mol. The van der Waals surface area contributed by atoms with Crippen molar-refractivity contribution in [2.45, 2.75) is 73.0 Å². The lowest BCUT2D eigenvalue weighted by molar-refractivity contribution is 0.438. The zero-order valence-electron chi connectivity index (χ0n) is 11.4. The van der Waals surface area contributed by atoms with E-state index in [0.717, 1.165) is 0 Å². The summed E-state index contributed by atoms with van der Waals surface area (Å²) in [5, 5.41) is 0. The van der Waals surface area contributed by atoms with E-state index < -0.39 is 8.80 Å². The Labute approximate surface area is 93.1 Å². The van der Waals surface area contributed by atoms with Crippen LogP contribution in [0, 0.1) is 10.8 Å². The van der Waals surface area contributed by atoms with Crippen LogP contribution in [0.2, 0.25) is 18.1 Å². The molecule has 0 aromatic heterocycles. The van der Waals surface area contributed by atoms with Gasteiger partial charge in [0.1, 0.15) is 0 Å². The molecular formula is C13H30Si. The molecule has 0 heterocycles. The first-order valence-corrected chi connectivity index (χ1v) is 8.59. The van der Waals surface area contributed by atoms with Crippen molar-refractivity contribution in [3.8, 4) is 0 Å². The molecule has 1 heteroatoms. The van der Waals surface area contributed by atoms with Gasteiger partial charge in [-0.15, -0.1) is 0 Å². The van der Waals surface area contributed by atoms with Crippen molar-refractivity contribution in [3.63, 3.8) is 0 Å². The summed E-state index contributed by atoms with van der Waals surface area (Å²) in [5.74, 6) is 0. The van der Waals surface area contributed by atoms with Crippen molar-refractivity contribution in [1.82, 2.24) is 0 Å². The Balaban J connectivity index is 4.16. The second kappa shape index (κ2) is 5.34. The van der Waals surface area contributed by atoms with Gasteiger partial charge in [0.2, 0.25) is 0 Å².